The Morgan fingerprint density at radius 2 is 1.61 bits per heavy atom. The minimum Gasteiger partial charge on any atom is -0.300 e. The molecule has 1 fully saturated rings. The molecular formula is C25H33Cl2N. The zero-order valence-electron chi connectivity index (χ0n) is 17.2. The third-order valence-corrected chi connectivity index (χ3v) is 7.49. The monoisotopic (exact) mass is 417 g/mol. The van der Waals surface area contributed by atoms with E-state index < -0.39 is 0 Å². The summed E-state index contributed by atoms with van der Waals surface area (Å²) < 4.78 is 0. The molecule has 28 heavy (non-hydrogen) atoms. The molecule has 0 bridgehead atoms. The molecule has 0 radical (unpaired) electrons. The first kappa shape index (κ1) is 21.7. The molecular weight excluding hydrogens is 385 g/mol. The largest absolute Gasteiger partial charge is 0.300 e. The van der Waals surface area contributed by atoms with Crippen LogP contribution >= 0.6 is 23.2 Å². The van der Waals surface area contributed by atoms with Crippen LogP contribution in [0.1, 0.15) is 55.7 Å². The summed E-state index contributed by atoms with van der Waals surface area (Å²) in [6, 6.07) is 20.6. The van der Waals surface area contributed by atoms with Gasteiger partial charge in [-0.1, -0.05) is 68.4 Å². The van der Waals surface area contributed by atoms with E-state index in [1.54, 1.807) is 0 Å². The second-order valence-electron chi connectivity index (χ2n) is 8.01. The molecule has 0 aliphatic heterocycles. The van der Waals surface area contributed by atoms with Crippen molar-refractivity contribution in [2.24, 2.45) is 0 Å². The average molecular weight is 418 g/mol. The number of benzene rings is 2. The molecule has 0 amide bonds. The molecule has 4 atom stereocenters. The normalized spacial score (nSPS) is 22.8. The molecule has 0 spiro atoms. The number of nitrogens with zero attached hydrogens (tertiary/aromatic N) is 1. The van der Waals surface area contributed by atoms with Gasteiger partial charge in [0, 0.05) is 18.5 Å². The van der Waals surface area contributed by atoms with Gasteiger partial charge in [-0.05, 0) is 55.3 Å². The number of hydrogen-bond donors (Lipinski definition) is 0. The number of rotatable bonds is 10. The quantitative estimate of drug-likeness (QED) is 0.390. The van der Waals surface area contributed by atoms with Crippen molar-refractivity contribution in [3.05, 3.63) is 71.3 Å². The molecule has 2 aromatic rings. The van der Waals surface area contributed by atoms with Crippen LogP contribution in [-0.4, -0.2) is 34.8 Å². The summed E-state index contributed by atoms with van der Waals surface area (Å²) in [7, 11) is 0. The number of likely N-dealkylation sites (N-methyl/N-ethyl adjacent to an activating group) is 1. The van der Waals surface area contributed by atoms with Gasteiger partial charge in [-0.2, -0.15) is 0 Å². The molecule has 3 rings (SSSR count). The molecule has 3 heteroatoms. The van der Waals surface area contributed by atoms with E-state index in [4.69, 9.17) is 23.2 Å². The molecule has 1 aliphatic carbocycles. The zero-order valence-corrected chi connectivity index (χ0v) is 18.7. The first-order chi connectivity index (χ1) is 13.6. The summed E-state index contributed by atoms with van der Waals surface area (Å²) in [6.45, 7) is 6.85. The predicted octanol–water partition coefficient (Wildman–Crippen LogP) is 6.66. The van der Waals surface area contributed by atoms with Gasteiger partial charge in [-0.3, -0.25) is 0 Å². The first-order valence-electron chi connectivity index (χ1n) is 10.8. The smallest absolute Gasteiger partial charge is 0.0568 e. The van der Waals surface area contributed by atoms with Gasteiger partial charge in [0.05, 0.1) is 10.8 Å². The van der Waals surface area contributed by atoms with Crippen LogP contribution in [0.5, 0.6) is 0 Å². The van der Waals surface area contributed by atoms with Gasteiger partial charge in [-0.25, -0.2) is 0 Å². The molecule has 4 unspecified atom stereocenters. The lowest BCUT2D eigenvalue weighted by atomic mass is 9.78. The van der Waals surface area contributed by atoms with Crippen LogP contribution in [0.15, 0.2) is 54.6 Å². The Hall–Kier alpha value is -1.02. The van der Waals surface area contributed by atoms with Gasteiger partial charge in [0.2, 0.25) is 0 Å². The Balaban J connectivity index is 1.50. The van der Waals surface area contributed by atoms with Gasteiger partial charge in [-0.15, -0.1) is 23.2 Å². The standard InChI is InChI=1S/C25H33Cl2N/c1-3-22(28(4-2)17-16-19-8-6-5-7-9-19)15-12-20-10-13-21(14-11-20)23-18-24(26)25(23)27/h5-11,13-14,22-25H,3-4,12,15-18H2,1-2H3. The van der Waals surface area contributed by atoms with E-state index in [2.05, 4.69) is 73.3 Å². The van der Waals surface area contributed by atoms with E-state index >= 15 is 0 Å². The van der Waals surface area contributed by atoms with Gasteiger partial charge < -0.3 is 4.90 Å². The van der Waals surface area contributed by atoms with Crippen molar-refractivity contribution < 1.29 is 0 Å². The Morgan fingerprint density at radius 1 is 0.929 bits per heavy atom. The molecule has 2 aromatic carbocycles. The lowest BCUT2D eigenvalue weighted by Gasteiger charge is -2.37. The number of aryl methyl sites for hydroxylation is 1. The summed E-state index contributed by atoms with van der Waals surface area (Å²) in [6.07, 6.45) is 5.67. The maximum Gasteiger partial charge on any atom is 0.0568 e. The average Bonchev–Trinajstić information content (AvgIpc) is 2.75. The van der Waals surface area contributed by atoms with E-state index in [1.165, 1.54) is 29.5 Å². The van der Waals surface area contributed by atoms with Crippen LogP contribution in [-0.2, 0) is 12.8 Å². The van der Waals surface area contributed by atoms with Crippen molar-refractivity contribution in [2.75, 3.05) is 13.1 Å². The van der Waals surface area contributed by atoms with Crippen LogP contribution in [0, 0.1) is 0 Å². The molecule has 1 saturated carbocycles. The molecule has 0 heterocycles. The Morgan fingerprint density at radius 3 is 2.18 bits per heavy atom. The van der Waals surface area contributed by atoms with Crippen LogP contribution < -0.4 is 0 Å². The second kappa shape index (κ2) is 10.7. The van der Waals surface area contributed by atoms with Crippen molar-refractivity contribution in [1.82, 2.24) is 4.90 Å². The third-order valence-electron chi connectivity index (χ3n) is 6.31. The van der Waals surface area contributed by atoms with Crippen LogP contribution in [0.4, 0.5) is 0 Å². The molecule has 152 valence electrons. The second-order valence-corrected chi connectivity index (χ2v) is 9.07. The highest BCUT2D eigenvalue weighted by molar-refractivity contribution is 6.31. The fourth-order valence-electron chi connectivity index (χ4n) is 4.30. The molecule has 0 aromatic heterocycles. The van der Waals surface area contributed by atoms with E-state index in [0.29, 0.717) is 12.0 Å². The summed E-state index contributed by atoms with van der Waals surface area (Å²) in [4.78, 5) is 2.65. The van der Waals surface area contributed by atoms with Crippen LogP contribution in [0.2, 0.25) is 0 Å². The SMILES string of the molecule is CCC(CCc1ccc(C2CC(Cl)C2Cl)cc1)N(CC)CCc1ccccc1. The van der Waals surface area contributed by atoms with Gasteiger partial charge in [0.1, 0.15) is 0 Å². The topological polar surface area (TPSA) is 3.24 Å². The highest BCUT2D eigenvalue weighted by Gasteiger charge is 2.39. The fraction of sp³-hybridized carbons (Fsp3) is 0.520. The Labute approximate surface area is 181 Å². The van der Waals surface area contributed by atoms with Gasteiger partial charge >= 0.3 is 0 Å². The molecule has 0 N–H and O–H groups in total. The molecule has 1 aliphatic rings. The number of alkyl halides is 2. The van der Waals surface area contributed by atoms with Crippen LogP contribution in [0.25, 0.3) is 0 Å². The van der Waals surface area contributed by atoms with E-state index in [0.717, 1.165) is 32.4 Å². The highest BCUT2D eigenvalue weighted by Crippen LogP contribution is 2.44. The maximum atomic E-state index is 6.35. The molecule has 0 saturated heterocycles. The highest BCUT2D eigenvalue weighted by atomic mass is 35.5. The van der Waals surface area contributed by atoms with Crippen LogP contribution in [0.3, 0.4) is 0 Å². The van der Waals surface area contributed by atoms with E-state index in [9.17, 15) is 0 Å². The fourth-order valence-corrected chi connectivity index (χ4v) is 5.02. The van der Waals surface area contributed by atoms with E-state index in [-0.39, 0.29) is 10.8 Å². The van der Waals surface area contributed by atoms with Crippen molar-refractivity contribution >= 4 is 23.2 Å². The van der Waals surface area contributed by atoms with Crippen molar-refractivity contribution in [1.29, 1.82) is 0 Å². The van der Waals surface area contributed by atoms with Gasteiger partial charge in [0.15, 0.2) is 0 Å². The van der Waals surface area contributed by atoms with Gasteiger partial charge in [0.25, 0.3) is 0 Å². The lowest BCUT2D eigenvalue weighted by molar-refractivity contribution is 0.193. The summed E-state index contributed by atoms with van der Waals surface area (Å²) in [5.74, 6) is 0.426. The van der Waals surface area contributed by atoms with Crippen molar-refractivity contribution in [2.45, 2.75) is 68.7 Å². The Kier molecular flexibility index (Phi) is 8.26. The number of halogens is 2. The first-order valence-corrected chi connectivity index (χ1v) is 11.6. The lowest BCUT2D eigenvalue weighted by Crippen LogP contribution is -2.37. The maximum absolute atomic E-state index is 6.35. The van der Waals surface area contributed by atoms with Crippen molar-refractivity contribution in [3.63, 3.8) is 0 Å². The predicted molar refractivity (Wildman–Crippen MR) is 123 cm³/mol. The number of hydrogen-bond acceptors (Lipinski definition) is 1. The van der Waals surface area contributed by atoms with Crippen molar-refractivity contribution in [3.8, 4) is 0 Å². The minimum atomic E-state index is 0.0831. The summed E-state index contributed by atoms with van der Waals surface area (Å²) in [5, 5.41) is 0.215. The van der Waals surface area contributed by atoms with E-state index in [1.807, 2.05) is 0 Å². The third kappa shape index (κ3) is 5.53. The zero-order chi connectivity index (χ0) is 19.9. The minimum absolute atomic E-state index is 0.0831. The molecule has 1 nitrogen and oxygen atoms in total. The Bertz CT molecular complexity index is 700. The summed E-state index contributed by atoms with van der Waals surface area (Å²) >= 11 is 12.5. The summed E-state index contributed by atoms with van der Waals surface area (Å²) in [5.41, 5.74) is 4.19.